The molecule has 17 heavy (non-hydrogen) atoms. The summed E-state index contributed by atoms with van der Waals surface area (Å²) < 4.78 is 27.9. The smallest absolute Gasteiger partial charge is 0.387 e. The van der Waals surface area contributed by atoms with Crippen molar-refractivity contribution in [2.75, 3.05) is 6.61 Å². The Hall–Kier alpha value is -1.24. The molecule has 2 atom stereocenters. The first-order valence-corrected chi connectivity index (χ1v) is 5.06. The van der Waals surface area contributed by atoms with Crippen LogP contribution in [0.25, 0.3) is 0 Å². The Morgan fingerprint density at radius 1 is 1.12 bits per heavy atom. The van der Waals surface area contributed by atoms with Gasteiger partial charge in [0.2, 0.25) is 0 Å². The van der Waals surface area contributed by atoms with Crippen LogP contribution in [0.4, 0.5) is 8.78 Å². The molecule has 0 amide bonds. The molecule has 0 aliphatic rings. The first kappa shape index (κ1) is 13.8. The molecule has 0 fully saturated rings. The number of aliphatic hydroxyl groups excluding tert-OH is 3. The normalized spacial score (nSPS) is 14.7. The minimum absolute atomic E-state index is 0.0207. The van der Waals surface area contributed by atoms with Crippen LogP contribution in [-0.2, 0) is 0 Å². The molecule has 3 N–H and O–H groups in total. The Balaban J connectivity index is 2.66. The zero-order valence-electron chi connectivity index (χ0n) is 8.96. The van der Waals surface area contributed by atoms with Gasteiger partial charge in [-0.15, -0.1) is 0 Å². The quantitative estimate of drug-likeness (QED) is 0.704. The third-order valence-electron chi connectivity index (χ3n) is 2.24. The van der Waals surface area contributed by atoms with Gasteiger partial charge in [-0.3, -0.25) is 0 Å². The van der Waals surface area contributed by atoms with Crippen LogP contribution >= 0.6 is 0 Å². The molecule has 1 rings (SSSR count). The Bertz CT molecular complexity index is 329. The molecule has 0 heterocycles. The summed E-state index contributed by atoms with van der Waals surface area (Å²) in [6, 6.07) is 5.30. The Labute approximate surface area is 97.1 Å². The van der Waals surface area contributed by atoms with Crippen LogP contribution in [0.15, 0.2) is 24.3 Å². The van der Waals surface area contributed by atoms with Crippen LogP contribution in [0, 0.1) is 0 Å². The lowest BCUT2D eigenvalue weighted by atomic mass is 10.0. The van der Waals surface area contributed by atoms with Crippen LogP contribution in [-0.4, -0.2) is 34.6 Å². The maximum Gasteiger partial charge on any atom is 0.387 e. The highest BCUT2D eigenvalue weighted by Gasteiger charge is 2.17. The van der Waals surface area contributed by atoms with Gasteiger partial charge < -0.3 is 20.1 Å². The molecule has 0 spiro atoms. The molecular weight excluding hydrogens is 234 g/mol. The topological polar surface area (TPSA) is 69.9 Å². The van der Waals surface area contributed by atoms with Gasteiger partial charge in [-0.25, -0.2) is 0 Å². The predicted molar refractivity (Wildman–Crippen MR) is 55.7 cm³/mol. The monoisotopic (exact) mass is 248 g/mol. The van der Waals surface area contributed by atoms with Gasteiger partial charge in [0, 0.05) is 6.61 Å². The van der Waals surface area contributed by atoms with Crippen LogP contribution in [0.5, 0.6) is 5.75 Å². The van der Waals surface area contributed by atoms with Crippen molar-refractivity contribution in [3.63, 3.8) is 0 Å². The maximum absolute atomic E-state index is 11.9. The summed E-state index contributed by atoms with van der Waals surface area (Å²) in [7, 11) is 0. The molecule has 0 aromatic heterocycles. The van der Waals surface area contributed by atoms with Crippen molar-refractivity contribution in [3.05, 3.63) is 29.8 Å². The van der Waals surface area contributed by atoms with Crippen molar-refractivity contribution < 1.29 is 28.8 Å². The minimum Gasteiger partial charge on any atom is -0.435 e. The van der Waals surface area contributed by atoms with Crippen molar-refractivity contribution in [2.24, 2.45) is 0 Å². The molecule has 0 saturated heterocycles. The lowest BCUT2D eigenvalue weighted by molar-refractivity contribution is -0.0499. The Morgan fingerprint density at radius 3 is 2.18 bits per heavy atom. The number of hydrogen-bond acceptors (Lipinski definition) is 4. The van der Waals surface area contributed by atoms with E-state index in [0.29, 0.717) is 5.56 Å². The number of hydrogen-bond donors (Lipinski definition) is 3. The average Bonchev–Trinajstić information content (AvgIpc) is 2.28. The van der Waals surface area contributed by atoms with Gasteiger partial charge in [-0.05, 0) is 24.1 Å². The summed E-state index contributed by atoms with van der Waals surface area (Å²) in [6.45, 7) is -3.14. The van der Waals surface area contributed by atoms with Gasteiger partial charge in [0.15, 0.2) is 0 Å². The number of halogens is 2. The summed E-state index contributed by atoms with van der Waals surface area (Å²) in [5.74, 6) is -0.0207. The number of rotatable bonds is 6. The lowest BCUT2D eigenvalue weighted by Gasteiger charge is -2.17. The molecule has 1 aromatic rings. The zero-order chi connectivity index (χ0) is 12.8. The van der Waals surface area contributed by atoms with Crippen LogP contribution in [0.3, 0.4) is 0 Å². The third-order valence-corrected chi connectivity index (χ3v) is 2.24. The van der Waals surface area contributed by atoms with E-state index in [0.717, 1.165) is 0 Å². The van der Waals surface area contributed by atoms with E-state index in [9.17, 15) is 19.0 Å². The van der Waals surface area contributed by atoms with Gasteiger partial charge in [0.1, 0.15) is 11.9 Å². The molecule has 2 unspecified atom stereocenters. The van der Waals surface area contributed by atoms with Crippen LogP contribution < -0.4 is 4.74 Å². The maximum atomic E-state index is 11.9. The van der Waals surface area contributed by atoms with Crippen molar-refractivity contribution in [1.82, 2.24) is 0 Å². The number of alkyl halides is 2. The van der Waals surface area contributed by atoms with E-state index in [2.05, 4.69) is 4.74 Å². The summed E-state index contributed by atoms with van der Waals surface area (Å²) >= 11 is 0. The largest absolute Gasteiger partial charge is 0.435 e. The molecule has 0 aliphatic carbocycles. The molecule has 6 heteroatoms. The van der Waals surface area contributed by atoms with E-state index in [1.165, 1.54) is 24.3 Å². The first-order valence-electron chi connectivity index (χ1n) is 5.06. The fourth-order valence-corrected chi connectivity index (χ4v) is 1.36. The number of aliphatic hydroxyl groups is 3. The van der Waals surface area contributed by atoms with Crippen LogP contribution in [0.1, 0.15) is 18.1 Å². The average molecular weight is 248 g/mol. The molecular formula is C11H14F2O4. The SMILES string of the molecule is OCCC(O)C(O)c1ccc(OC(F)F)cc1. The van der Waals surface area contributed by atoms with Gasteiger partial charge in [0.25, 0.3) is 0 Å². The van der Waals surface area contributed by atoms with E-state index in [4.69, 9.17) is 5.11 Å². The van der Waals surface area contributed by atoms with Crippen molar-refractivity contribution >= 4 is 0 Å². The van der Waals surface area contributed by atoms with Crippen LogP contribution in [0.2, 0.25) is 0 Å². The highest BCUT2D eigenvalue weighted by Crippen LogP contribution is 2.22. The second kappa shape index (κ2) is 6.48. The summed E-state index contributed by atoms with van der Waals surface area (Å²) in [6.07, 6.45) is -2.22. The predicted octanol–water partition coefficient (Wildman–Crippen LogP) is 1.06. The summed E-state index contributed by atoms with van der Waals surface area (Å²) in [5.41, 5.74) is 0.368. The minimum atomic E-state index is -2.90. The number of ether oxygens (including phenoxy) is 1. The molecule has 0 bridgehead atoms. The van der Waals surface area contributed by atoms with E-state index in [1.807, 2.05) is 0 Å². The van der Waals surface area contributed by atoms with Gasteiger partial charge in [-0.2, -0.15) is 8.78 Å². The molecule has 1 aromatic carbocycles. The molecule has 0 radical (unpaired) electrons. The molecule has 0 saturated carbocycles. The highest BCUT2D eigenvalue weighted by atomic mass is 19.3. The molecule has 4 nitrogen and oxygen atoms in total. The fraction of sp³-hybridized carbons (Fsp3) is 0.455. The van der Waals surface area contributed by atoms with Gasteiger partial charge in [-0.1, -0.05) is 12.1 Å². The van der Waals surface area contributed by atoms with E-state index >= 15 is 0 Å². The third kappa shape index (κ3) is 4.26. The van der Waals surface area contributed by atoms with Gasteiger partial charge in [0.05, 0.1) is 6.10 Å². The fourth-order valence-electron chi connectivity index (χ4n) is 1.36. The van der Waals surface area contributed by atoms with E-state index in [1.54, 1.807) is 0 Å². The van der Waals surface area contributed by atoms with Crippen molar-refractivity contribution in [3.8, 4) is 5.75 Å². The summed E-state index contributed by atoms with van der Waals surface area (Å²) in [5, 5.41) is 27.7. The summed E-state index contributed by atoms with van der Waals surface area (Å²) in [4.78, 5) is 0. The second-order valence-corrected chi connectivity index (χ2v) is 3.47. The van der Waals surface area contributed by atoms with Gasteiger partial charge >= 0.3 is 6.61 Å². The number of benzene rings is 1. The standard InChI is InChI=1S/C11H14F2O4/c12-11(13)17-8-3-1-7(2-4-8)10(16)9(15)5-6-14/h1-4,9-11,14-16H,5-6H2. The zero-order valence-corrected chi connectivity index (χ0v) is 8.96. The molecule has 96 valence electrons. The second-order valence-electron chi connectivity index (χ2n) is 3.47. The first-order chi connectivity index (χ1) is 8.04. The van der Waals surface area contributed by atoms with Crippen molar-refractivity contribution in [2.45, 2.75) is 25.2 Å². The van der Waals surface area contributed by atoms with E-state index < -0.39 is 18.8 Å². The van der Waals surface area contributed by atoms with E-state index in [-0.39, 0.29) is 18.8 Å². The van der Waals surface area contributed by atoms with Crippen molar-refractivity contribution in [1.29, 1.82) is 0 Å². The Kier molecular flexibility index (Phi) is 5.27. The highest BCUT2D eigenvalue weighted by molar-refractivity contribution is 5.28. The molecule has 0 aliphatic heterocycles. The lowest BCUT2D eigenvalue weighted by Crippen LogP contribution is -2.19. The Morgan fingerprint density at radius 2 is 1.71 bits per heavy atom.